The lowest BCUT2D eigenvalue weighted by atomic mass is 10.3. The Morgan fingerprint density at radius 3 is 2.67 bits per heavy atom. The zero-order valence-corrected chi connectivity index (χ0v) is 10.5. The normalized spacial score (nSPS) is 26.2. The fourth-order valence-corrected chi connectivity index (χ4v) is 3.26. The van der Waals surface area contributed by atoms with Crippen LogP contribution in [0.25, 0.3) is 0 Å². The summed E-state index contributed by atoms with van der Waals surface area (Å²) < 4.78 is 23.4. The molecule has 5 nitrogen and oxygen atoms in total. The van der Waals surface area contributed by atoms with Gasteiger partial charge in [-0.25, -0.2) is 13.4 Å². The molecule has 0 aromatic rings. The summed E-state index contributed by atoms with van der Waals surface area (Å²) in [6.07, 6.45) is 1.43. The van der Waals surface area contributed by atoms with Crippen molar-refractivity contribution in [3.05, 3.63) is 11.1 Å². The third-order valence-corrected chi connectivity index (χ3v) is 5.42. The average molecular weight is 294 g/mol. The monoisotopic (exact) mass is 293 g/mol. The van der Waals surface area contributed by atoms with Crippen molar-refractivity contribution in [1.29, 1.82) is 0 Å². The molecular formula is C8H12BrN3O2S. The molecule has 0 saturated carbocycles. The Morgan fingerprint density at radius 1 is 1.47 bits per heavy atom. The van der Waals surface area contributed by atoms with Gasteiger partial charge in [0.05, 0.1) is 4.91 Å². The molecule has 0 spiro atoms. The highest BCUT2D eigenvalue weighted by Crippen LogP contribution is 2.21. The van der Waals surface area contributed by atoms with E-state index in [2.05, 4.69) is 31.1 Å². The van der Waals surface area contributed by atoms with E-state index in [4.69, 9.17) is 0 Å². The first kappa shape index (κ1) is 11.3. The lowest BCUT2D eigenvalue weighted by molar-refractivity contribution is 0.262. The summed E-state index contributed by atoms with van der Waals surface area (Å²) in [4.78, 5) is 6.27. The van der Waals surface area contributed by atoms with Crippen LogP contribution in [-0.4, -0.2) is 50.0 Å². The SMILES string of the molecule is O=S1(=O)C(CN2CCNCC2)=CN=C1Br. The van der Waals surface area contributed by atoms with Crippen molar-refractivity contribution < 1.29 is 8.42 Å². The van der Waals surface area contributed by atoms with Gasteiger partial charge in [-0.05, 0) is 15.9 Å². The number of aliphatic imine (C=N–C) groups is 1. The fourth-order valence-electron chi connectivity index (χ4n) is 1.59. The van der Waals surface area contributed by atoms with Gasteiger partial charge >= 0.3 is 0 Å². The molecule has 15 heavy (non-hydrogen) atoms. The molecule has 7 heteroatoms. The van der Waals surface area contributed by atoms with Crippen molar-refractivity contribution in [2.24, 2.45) is 4.99 Å². The number of nitrogens with zero attached hydrogens (tertiary/aromatic N) is 2. The Kier molecular flexibility index (Phi) is 3.24. The topological polar surface area (TPSA) is 61.8 Å². The van der Waals surface area contributed by atoms with Gasteiger partial charge in [0.15, 0.2) is 0 Å². The lowest BCUT2D eigenvalue weighted by Crippen LogP contribution is -2.44. The summed E-state index contributed by atoms with van der Waals surface area (Å²) in [5.74, 6) is 0. The van der Waals surface area contributed by atoms with Gasteiger partial charge in [-0.15, -0.1) is 0 Å². The minimum Gasteiger partial charge on any atom is -0.314 e. The number of hydrogen-bond donors (Lipinski definition) is 1. The molecule has 0 radical (unpaired) electrons. The molecule has 1 N–H and O–H groups in total. The number of nitrogens with one attached hydrogen (secondary N) is 1. The summed E-state index contributed by atoms with van der Waals surface area (Å²) in [6.45, 7) is 4.04. The van der Waals surface area contributed by atoms with Crippen molar-refractivity contribution in [2.45, 2.75) is 0 Å². The highest BCUT2D eigenvalue weighted by Gasteiger charge is 2.29. The van der Waals surface area contributed by atoms with Crippen molar-refractivity contribution in [3.8, 4) is 0 Å². The van der Waals surface area contributed by atoms with Crippen LogP contribution in [-0.2, 0) is 9.84 Å². The summed E-state index contributed by atoms with van der Waals surface area (Å²) in [5.41, 5.74) is 0. The highest BCUT2D eigenvalue weighted by molar-refractivity contribution is 9.21. The van der Waals surface area contributed by atoms with Crippen molar-refractivity contribution in [2.75, 3.05) is 32.7 Å². The Bertz CT molecular complexity index is 410. The molecule has 0 aliphatic carbocycles. The molecule has 2 heterocycles. The van der Waals surface area contributed by atoms with Gasteiger partial charge in [0.1, 0.15) is 0 Å². The Labute approximate surface area is 97.3 Å². The average Bonchev–Trinajstić information content (AvgIpc) is 2.47. The summed E-state index contributed by atoms with van der Waals surface area (Å²) in [5, 5.41) is 3.22. The molecule has 84 valence electrons. The van der Waals surface area contributed by atoms with E-state index in [1.807, 2.05) is 0 Å². The van der Waals surface area contributed by atoms with Crippen LogP contribution in [0, 0.1) is 0 Å². The zero-order valence-electron chi connectivity index (χ0n) is 8.11. The number of halogens is 1. The second kappa shape index (κ2) is 4.32. The highest BCUT2D eigenvalue weighted by atomic mass is 79.9. The van der Waals surface area contributed by atoms with Gasteiger partial charge in [-0.2, -0.15) is 0 Å². The minimum absolute atomic E-state index is 0.0279. The van der Waals surface area contributed by atoms with E-state index >= 15 is 0 Å². The maximum absolute atomic E-state index is 11.7. The maximum atomic E-state index is 11.7. The zero-order chi connectivity index (χ0) is 10.9. The van der Waals surface area contributed by atoms with Crippen LogP contribution in [0.1, 0.15) is 0 Å². The van der Waals surface area contributed by atoms with Crippen LogP contribution in [0.5, 0.6) is 0 Å². The second-order valence-corrected chi connectivity index (χ2v) is 6.70. The molecule has 1 fully saturated rings. The van der Waals surface area contributed by atoms with E-state index in [9.17, 15) is 8.42 Å². The first-order chi connectivity index (χ1) is 7.10. The molecule has 0 unspecified atom stereocenters. The molecule has 0 atom stereocenters. The Balaban J connectivity index is 2.02. The molecule has 2 aliphatic heterocycles. The summed E-state index contributed by atoms with van der Waals surface area (Å²) >= 11 is 2.94. The van der Waals surface area contributed by atoms with Crippen LogP contribution < -0.4 is 5.32 Å². The van der Waals surface area contributed by atoms with Crippen molar-refractivity contribution >= 4 is 29.7 Å². The minimum atomic E-state index is -3.30. The first-order valence-electron chi connectivity index (χ1n) is 4.71. The van der Waals surface area contributed by atoms with E-state index in [-0.39, 0.29) is 3.95 Å². The molecule has 2 aliphatic rings. The molecule has 0 bridgehead atoms. The number of piperazine rings is 1. The smallest absolute Gasteiger partial charge is 0.229 e. The van der Waals surface area contributed by atoms with E-state index in [0.717, 1.165) is 26.2 Å². The van der Waals surface area contributed by atoms with Crippen LogP contribution in [0.15, 0.2) is 16.1 Å². The van der Waals surface area contributed by atoms with E-state index < -0.39 is 9.84 Å². The van der Waals surface area contributed by atoms with E-state index in [1.54, 1.807) is 0 Å². The van der Waals surface area contributed by atoms with E-state index in [0.29, 0.717) is 11.4 Å². The molecule has 0 aromatic heterocycles. The second-order valence-electron chi connectivity index (χ2n) is 3.51. The van der Waals surface area contributed by atoms with Gasteiger partial charge in [0.25, 0.3) is 0 Å². The molecule has 1 saturated heterocycles. The van der Waals surface area contributed by atoms with Gasteiger partial charge in [0, 0.05) is 38.9 Å². The number of sulfone groups is 1. The van der Waals surface area contributed by atoms with Crippen molar-refractivity contribution in [1.82, 2.24) is 10.2 Å². The van der Waals surface area contributed by atoms with Crippen LogP contribution in [0.4, 0.5) is 0 Å². The maximum Gasteiger partial charge on any atom is 0.229 e. The Morgan fingerprint density at radius 2 is 2.13 bits per heavy atom. The number of hydrogen-bond acceptors (Lipinski definition) is 5. The Hall–Kier alpha value is -0.240. The standard InChI is InChI=1S/C8H12BrN3O2S/c9-8-11-5-7(15(8,13)14)6-12-3-1-10-2-4-12/h5,10H,1-4,6H2. The van der Waals surface area contributed by atoms with Gasteiger partial charge < -0.3 is 5.32 Å². The summed E-state index contributed by atoms with van der Waals surface area (Å²) in [6, 6.07) is 0. The van der Waals surface area contributed by atoms with Gasteiger partial charge in [-0.3, -0.25) is 4.90 Å². The quantitative estimate of drug-likeness (QED) is 0.773. The third-order valence-electron chi connectivity index (χ3n) is 2.47. The fraction of sp³-hybridized carbons (Fsp3) is 0.625. The predicted octanol–water partition coefficient (Wildman–Crippen LogP) is -0.0877. The van der Waals surface area contributed by atoms with Crippen LogP contribution in [0.3, 0.4) is 0 Å². The number of rotatable bonds is 2. The van der Waals surface area contributed by atoms with Crippen molar-refractivity contribution in [3.63, 3.8) is 0 Å². The van der Waals surface area contributed by atoms with Crippen LogP contribution in [0.2, 0.25) is 0 Å². The van der Waals surface area contributed by atoms with Crippen LogP contribution >= 0.6 is 15.9 Å². The first-order valence-corrected chi connectivity index (χ1v) is 6.99. The molecule has 0 amide bonds. The van der Waals surface area contributed by atoms with Gasteiger partial charge in [0.2, 0.25) is 13.8 Å². The molecule has 0 aromatic carbocycles. The summed E-state index contributed by atoms with van der Waals surface area (Å²) in [7, 11) is -3.30. The predicted molar refractivity (Wildman–Crippen MR) is 62.7 cm³/mol. The lowest BCUT2D eigenvalue weighted by Gasteiger charge is -2.27. The third kappa shape index (κ3) is 2.30. The van der Waals surface area contributed by atoms with E-state index in [1.165, 1.54) is 6.20 Å². The van der Waals surface area contributed by atoms with Gasteiger partial charge in [-0.1, -0.05) is 0 Å². The largest absolute Gasteiger partial charge is 0.314 e. The molecular weight excluding hydrogens is 282 g/mol. The molecule has 2 rings (SSSR count).